The Morgan fingerprint density at radius 2 is 2.00 bits per heavy atom. The van der Waals surface area contributed by atoms with Gasteiger partial charge in [-0.15, -0.1) is 0 Å². The summed E-state index contributed by atoms with van der Waals surface area (Å²) in [6.45, 7) is -0.715. The van der Waals surface area contributed by atoms with Crippen LogP contribution in [0.25, 0.3) is 0 Å². The number of nitrogens with two attached hydrogens (primary N) is 1. The third-order valence-electron chi connectivity index (χ3n) is 2.32. The Morgan fingerprint density at radius 3 is 2.47 bits per heavy atom. The molecule has 0 aliphatic rings. The highest BCUT2D eigenvalue weighted by Crippen LogP contribution is 2.22. The Balaban J connectivity index is 2.86. The molecule has 3 nitrogen and oxygen atoms in total. The maximum Gasteiger partial charge on any atom is 0.304 e. The highest BCUT2D eigenvalue weighted by Gasteiger charge is 2.22. The summed E-state index contributed by atoms with van der Waals surface area (Å²) in [6, 6.07) is 8.17. The van der Waals surface area contributed by atoms with Gasteiger partial charge in [0.15, 0.2) is 0 Å². The number of carboxylic acids is 1. The second kappa shape index (κ2) is 5.46. The van der Waals surface area contributed by atoms with Crippen molar-refractivity contribution < 1.29 is 14.3 Å². The van der Waals surface area contributed by atoms with E-state index in [1.165, 1.54) is 0 Å². The van der Waals surface area contributed by atoms with E-state index in [1.807, 2.05) is 6.07 Å². The first kappa shape index (κ1) is 11.7. The minimum Gasteiger partial charge on any atom is -0.481 e. The van der Waals surface area contributed by atoms with E-state index in [9.17, 15) is 9.18 Å². The van der Waals surface area contributed by atoms with Crippen molar-refractivity contribution in [3.8, 4) is 0 Å². The van der Waals surface area contributed by atoms with Crippen molar-refractivity contribution in [2.24, 2.45) is 5.73 Å². The minimum atomic E-state index is -0.965. The van der Waals surface area contributed by atoms with Gasteiger partial charge in [0.1, 0.15) is 6.67 Å². The molecular formula is C11H14FNO2. The molecule has 0 saturated heterocycles. The standard InChI is InChI=1S/C11H14FNO2/c12-7-10(13)9(6-11(14)15)8-4-2-1-3-5-8/h1-5,9-10H,6-7,13H2,(H,14,15)/t9-,10-/m0/s1. The topological polar surface area (TPSA) is 63.3 Å². The van der Waals surface area contributed by atoms with Gasteiger partial charge < -0.3 is 10.8 Å². The summed E-state index contributed by atoms with van der Waals surface area (Å²) in [6.07, 6.45) is -0.144. The fraction of sp³-hybridized carbons (Fsp3) is 0.364. The Bertz CT molecular complexity index is 316. The van der Waals surface area contributed by atoms with Crippen molar-refractivity contribution in [1.29, 1.82) is 0 Å². The Hall–Kier alpha value is -1.42. The van der Waals surface area contributed by atoms with E-state index >= 15 is 0 Å². The molecule has 0 unspecified atom stereocenters. The first-order valence-electron chi connectivity index (χ1n) is 4.73. The lowest BCUT2D eigenvalue weighted by atomic mass is 9.90. The predicted octanol–water partition coefficient (Wildman–Crippen LogP) is 1.54. The van der Waals surface area contributed by atoms with E-state index in [0.29, 0.717) is 0 Å². The molecule has 0 aromatic heterocycles. The van der Waals surface area contributed by atoms with Gasteiger partial charge in [0.25, 0.3) is 0 Å². The molecule has 1 rings (SSSR count). The Labute approximate surface area is 87.7 Å². The molecule has 0 spiro atoms. The molecule has 82 valence electrons. The number of hydrogen-bond donors (Lipinski definition) is 2. The van der Waals surface area contributed by atoms with Gasteiger partial charge in [-0.25, -0.2) is 4.39 Å². The van der Waals surface area contributed by atoms with Crippen molar-refractivity contribution in [2.75, 3.05) is 6.67 Å². The molecule has 0 amide bonds. The van der Waals surface area contributed by atoms with Crippen LogP contribution in [0.5, 0.6) is 0 Å². The predicted molar refractivity (Wildman–Crippen MR) is 55.4 cm³/mol. The molecule has 0 aliphatic heterocycles. The monoisotopic (exact) mass is 211 g/mol. The van der Waals surface area contributed by atoms with Gasteiger partial charge in [-0.1, -0.05) is 30.3 Å². The van der Waals surface area contributed by atoms with Crippen LogP contribution in [0.15, 0.2) is 30.3 Å². The third-order valence-corrected chi connectivity index (χ3v) is 2.32. The molecular weight excluding hydrogens is 197 g/mol. The molecule has 0 bridgehead atoms. The minimum absolute atomic E-state index is 0.144. The second-order valence-corrected chi connectivity index (χ2v) is 3.43. The van der Waals surface area contributed by atoms with E-state index in [2.05, 4.69) is 0 Å². The van der Waals surface area contributed by atoms with E-state index < -0.39 is 24.6 Å². The van der Waals surface area contributed by atoms with E-state index in [0.717, 1.165) is 5.56 Å². The van der Waals surface area contributed by atoms with Gasteiger partial charge in [0, 0.05) is 12.0 Å². The SMILES string of the molecule is N[C@@H](CF)[C@@H](CC(=O)O)c1ccccc1. The fourth-order valence-corrected chi connectivity index (χ4v) is 1.51. The number of alkyl halides is 1. The summed E-state index contributed by atoms with van der Waals surface area (Å²) in [7, 11) is 0. The molecule has 3 N–H and O–H groups in total. The first-order valence-corrected chi connectivity index (χ1v) is 4.73. The van der Waals surface area contributed by atoms with Gasteiger partial charge in [-0.2, -0.15) is 0 Å². The van der Waals surface area contributed by atoms with Gasteiger partial charge in [-0.05, 0) is 5.56 Å². The zero-order chi connectivity index (χ0) is 11.3. The van der Waals surface area contributed by atoms with Crippen molar-refractivity contribution >= 4 is 5.97 Å². The zero-order valence-electron chi connectivity index (χ0n) is 8.27. The molecule has 0 aliphatic carbocycles. The molecule has 0 fully saturated rings. The van der Waals surface area contributed by atoms with Crippen LogP contribution in [-0.4, -0.2) is 23.8 Å². The molecule has 0 saturated carbocycles. The van der Waals surface area contributed by atoms with Crippen LogP contribution >= 0.6 is 0 Å². The summed E-state index contributed by atoms with van der Waals surface area (Å²) >= 11 is 0. The maximum atomic E-state index is 12.5. The summed E-state index contributed by atoms with van der Waals surface area (Å²) in [5, 5.41) is 8.71. The van der Waals surface area contributed by atoms with Crippen LogP contribution in [-0.2, 0) is 4.79 Å². The van der Waals surface area contributed by atoms with Crippen molar-refractivity contribution in [2.45, 2.75) is 18.4 Å². The lowest BCUT2D eigenvalue weighted by Gasteiger charge is -2.20. The number of carboxylic acid groups (broad SMARTS) is 1. The van der Waals surface area contributed by atoms with Crippen LogP contribution in [0.2, 0.25) is 0 Å². The molecule has 1 aromatic rings. The van der Waals surface area contributed by atoms with E-state index in [-0.39, 0.29) is 6.42 Å². The number of benzene rings is 1. The summed E-state index contributed by atoms with van der Waals surface area (Å²) in [4.78, 5) is 10.6. The Kier molecular flexibility index (Phi) is 4.24. The van der Waals surface area contributed by atoms with Crippen LogP contribution in [0.4, 0.5) is 4.39 Å². The highest BCUT2D eigenvalue weighted by atomic mass is 19.1. The van der Waals surface area contributed by atoms with Crippen LogP contribution in [0.1, 0.15) is 17.9 Å². The van der Waals surface area contributed by atoms with Gasteiger partial charge in [0.05, 0.1) is 6.42 Å². The third kappa shape index (κ3) is 3.32. The smallest absolute Gasteiger partial charge is 0.304 e. The highest BCUT2D eigenvalue weighted by molar-refractivity contribution is 5.68. The number of rotatable bonds is 5. The average molecular weight is 211 g/mol. The first-order chi connectivity index (χ1) is 7.15. The number of aliphatic carboxylic acids is 1. The normalized spacial score (nSPS) is 14.5. The van der Waals surface area contributed by atoms with Crippen LogP contribution in [0, 0.1) is 0 Å². The van der Waals surface area contributed by atoms with Gasteiger partial charge >= 0.3 is 5.97 Å². The molecule has 4 heteroatoms. The van der Waals surface area contributed by atoms with Crippen molar-refractivity contribution in [1.82, 2.24) is 0 Å². The number of halogens is 1. The number of carbonyl (C=O) groups is 1. The second-order valence-electron chi connectivity index (χ2n) is 3.43. The van der Waals surface area contributed by atoms with Crippen molar-refractivity contribution in [3.63, 3.8) is 0 Å². The largest absolute Gasteiger partial charge is 0.481 e. The molecule has 0 radical (unpaired) electrons. The summed E-state index contributed by atoms with van der Waals surface area (Å²) in [5.41, 5.74) is 6.33. The maximum absolute atomic E-state index is 12.5. The quantitative estimate of drug-likeness (QED) is 0.776. The van der Waals surface area contributed by atoms with E-state index in [1.54, 1.807) is 24.3 Å². The molecule has 0 heterocycles. The summed E-state index contributed by atoms with van der Waals surface area (Å²) in [5.74, 6) is -1.43. The summed E-state index contributed by atoms with van der Waals surface area (Å²) < 4.78 is 12.5. The lowest BCUT2D eigenvalue weighted by Crippen LogP contribution is -2.32. The zero-order valence-corrected chi connectivity index (χ0v) is 8.27. The van der Waals surface area contributed by atoms with Crippen molar-refractivity contribution in [3.05, 3.63) is 35.9 Å². The molecule has 15 heavy (non-hydrogen) atoms. The molecule has 2 atom stereocenters. The molecule has 1 aromatic carbocycles. The average Bonchev–Trinajstić information content (AvgIpc) is 2.26. The fourth-order valence-electron chi connectivity index (χ4n) is 1.51. The Morgan fingerprint density at radius 1 is 1.40 bits per heavy atom. The van der Waals surface area contributed by atoms with Gasteiger partial charge in [0.2, 0.25) is 0 Å². The van der Waals surface area contributed by atoms with Crippen LogP contribution < -0.4 is 5.73 Å². The number of hydrogen-bond acceptors (Lipinski definition) is 2. The van der Waals surface area contributed by atoms with Gasteiger partial charge in [-0.3, -0.25) is 4.79 Å². The lowest BCUT2D eigenvalue weighted by molar-refractivity contribution is -0.137. The van der Waals surface area contributed by atoms with E-state index in [4.69, 9.17) is 10.8 Å². The van der Waals surface area contributed by atoms with Crippen LogP contribution in [0.3, 0.4) is 0 Å².